The lowest BCUT2D eigenvalue weighted by Crippen LogP contribution is -2.15. The maximum absolute atomic E-state index is 5.84. The van der Waals surface area contributed by atoms with Crippen molar-refractivity contribution in [2.75, 3.05) is 89.6 Å². The molecule has 0 amide bonds. The minimum Gasteiger partial charge on any atom is -0.368 e. The van der Waals surface area contributed by atoms with E-state index in [1.807, 2.05) is 163 Å². The zero-order chi connectivity index (χ0) is 65.1. The van der Waals surface area contributed by atoms with Gasteiger partial charge in [0, 0.05) is 58.2 Å². The summed E-state index contributed by atoms with van der Waals surface area (Å²) in [4.78, 5) is 59.3. The molecular formula is C57H71Cl3N30. The number of nitrogens with zero attached hydrogens (tertiary/aromatic N) is 15. The summed E-state index contributed by atoms with van der Waals surface area (Å²) in [6, 6.07) is 38.9. The fourth-order valence-corrected chi connectivity index (χ4v) is 7.63. The maximum Gasteiger partial charge on any atom is 0.233 e. The molecule has 0 unspecified atom stereocenters. The molecule has 23 N–H and O–H groups in total. The van der Waals surface area contributed by atoms with Crippen molar-refractivity contribution in [3.8, 4) is 0 Å². The van der Waals surface area contributed by atoms with E-state index in [1.54, 1.807) is 0 Å². The van der Waals surface area contributed by atoms with Crippen LogP contribution in [0.15, 0.2) is 121 Å². The number of benzene rings is 5. The van der Waals surface area contributed by atoms with Gasteiger partial charge in [-0.15, -0.1) is 0 Å². The molecule has 5 heterocycles. The first-order valence-corrected chi connectivity index (χ1v) is 28.6. The fraction of sp³-hybridized carbons (Fsp3) is 0.211. The number of halogens is 3. The van der Waals surface area contributed by atoms with Gasteiger partial charge in [0.15, 0.2) is 0 Å². The third kappa shape index (κ3) is 25.9. The molecule has 470 valence electrons. The molecule has 0 spiro atoms. The average molecular weight is 1280 g/mol. The smallest absolute Gasteiger partial charge is 0.233 e. The average Bonchev–Trinajstić information content (AvgIpc) is 3.13. The minimum atomic E-state index is 0.0936. The van der Waals surface area contributed by atoms with Crippen molar-refractivity contribution in [2.24, 2.45) is 0 Å². The highest BCUT2D eigenvalue weighted by Crippen LogP contribution is 2.19. The predicted octanol–water partition coefficient (Wildman–Crippen LogP) is 8.60. The van der Waals surface area contributed by atoms with Gasteiger partial charge in [-0.2, -0.15) is 74.8 Å². The number of rotatable bonds is 18. The first-order valence-electron chi connectivity index (χ1n) is 27.4. The fourth-order valence-electron chi connectivity index (χ4n) is 7.25. The Morgan fingerprint density at radius 1 is 0.333 bits per heavy atom. The van der Waals surface area contributed by atoms with Crippen LogP contribution in [0, 0.1) is 13.8 Å². The Morgan fingerprint density at radius 2 is 0.622 bits per heavy atom. The summed E-state index contributed by atoms with van der Waals surface area (Å²) < 4.78 is 0. The lowest BCUT2D eigenvalue weighted by atomic mass is 10.1. The van der Waals surface area contributed by atoms with E-state index in [9.17, 15) is 0 Å². The van der Waals surface area contributed by atoms with Crippen LogP contribution in [-0.2, 0) is 19.5 Å². The third-order valence-corrected chi connectivity index (χ3v) is 11.8. The number of nitrogens with one attached hydrogen (secondary N) is 7. The van der Waals surface area contributed by atoms with Gasteiger partial charge in [-0.05, 0) is 136 Å². The number of hydrogen-bond donors (Lipinski definition) is 15. The highest BCUT2D eigenvalue weighted by atomic mass is 35.5. The molecule has 5 aromatic heterocycles. The third-order valence-electron chi connectivity index (χ3n) is 11.0. The summed E-state index contributed by atoms with van der Waals surface area (Å²) in [6.45, 7) is 13.9. The second-order valence-corrected chi connectivity index (χ2v) is 21.0. The van der Waals surface area contributed by atoms with E-state index >= 15 is 0 Å². The number of aryl methyl sites for hydroxylation is 2. The standard InChI is InChI=1S/C13H17ClN6.C13H18N6.C11H13ClN6.C10H11ClN6.C10H12N6/c1-8(2)17-13-19-11(15)18-12(20-13)16-7-9-3-5-10(14)6-4-9;1-8(2)15-12-17-11(14)18-13(19-12)16-10-6-4-5-9(3)7-10;12-8-3-1-7(2-4-8)5-6-15-11-17-9(13)16-10(14)18-11;11-7-3-1-6(2-4-7)5-14-10-16-8(12)15-9(13)17-10;1-6-3-2-4-7(5-6)13-10-15-8(11)14-9(12)16-10/h3-6,8H,7H2,1-2H3,(H4,15,16,17,18,19,20);4-8H,1-3H3,(H4,14,15,16,17,18,19);1-4H,5-6H2,(H5,13,14,15,16,17,18);1-4H,5H2,(H5,12,13,14,15,16,17);2-5H,1H3,(H5,11,12,13,14,15,16). The lowest BCUT2D eigenvalue weighted by molar-refractivity contribution is 0.867. The molecule has 0 atom stereocenters. The number of hydrogen-bond acceptors (Lipinski definition) is 30. The van der Waals surface area contributed by atoms with Crippen LogP contribution in [0.2, 0.25) is 15.1 Å². The Hall–Kier alpha value is -11.0. The molecule has 90 heavy (non-hydrogen) atoms. The van der Waals surface area contributed by atoms with Crippen LogP contribution in [0.1, 0.15) is 55.5 Å². The Kier molecular flexibility index (Phi) is 26.0. The van der Waals surface area contributed by atoms with Gasteiger partial charge in [-0.3, -0.25) is 0 Å². The van der Waals surface area contributed by atoms with Gasteiger partial charge in [0.2, 0.25) is 89.2 Å². The molecule has 0 aliphatic heterocycles. The molecule has 0 bridgehead atoms. The molecule has 5 aromatic carbocycles. The van der Waals surface area contributed by atoms with Crippen LogP contribution in [0.3, 0.4) is 0 Å². The first-order chi connectivity index (χ1) is 42.9. The van der Waals surface area contributed by atoms with Crippen molar-refractivity contribution in [2.45, 2.75) is 73.1 Å². The Bertz CT molecular complexity index is 3790. The van der Waals surface area contributed by atoms with E-state index in [0.29, 0.717) is 71.3 Å². The first kappa shape index (κ1) is 68.1. The number of aromatic nitrogens is 15. The van der Waals surface area contributed by atoms with Gasteiger partial charge >= 0.3 is 0 Å². The Morgan fingerprint density at radius 3 is 0.978 bits per heavy atom. The number of nitrogens with two attached hydrogens (primary N) is 8. The molecule has 10 aromatic rings. The van der Waals surface area contributed by atoms with Gasteiger partial charge in [0.25, 0.3) is 0 Å². The van der Waals surface area contributed by atoms with Crippen LogP contribution in [-0.4, -0.2) is 93.4 Å². The summed E-state index contributed by atoms with van der Waals surface area (Å²) >= 11 is 17.4. The van der Waals surface area contributed by atoms with Crippen molar-refractivity contribution >= 4 is 135 Å². The Balaban J connectivity index is 0.000000179. The van der Waals surface area contributed by atoms with Crippen molar-refractivity contribution in [1.82, 2.24) is 74.8 Å². The normalized spacial score (nSPS) is 10.3. The molecule has 0 aliphatic rings. The van der Waals surface area contributed by atoms with E-state index in [4.69, 9.17) is 80.7 Å². The SMILES string of the molecule is CC(C)Nc1nc(N)nc(NCc2ccc(Cl)cc2)n1.Cc1cccc(Nc2nc(N)nc(N)n2)c1.Cc1cccc(Nc2nc(N)nc(NC(C)C)n2)c1.Nc1nc(N)nc(NCCc2ccc(Cl)cc2)n1.Nc1nc(N)nc(NCc2ccc(Cl)cc2)n1. The Labute approximate surface area is 534 Å². The van der Waals surface area contributed by atoms with E-state index in [0.717, 1.165) is 45.1 Å². The zero-order valence-electron chi connectivity index (χ0n) is 50.0. The summed E-state index contributed by atoms with van der Waals surface area (Å²) in [7, 11) is 0. The van der Waals surface area contributed by atoms with Crippen molar-refractivity contribution in [1.29, 1.82) is 0 Å². The minimum absolute atomic E-state index is 0.0936. The molecule has 0 fully saturated rings. The van der Waals surface area contributed by atoms with Crippen LogP contribution in [0.4, 0.5) is 101 Å². The topological polar surface area (TPSA) is 486 Å². The van der Waals surface area contributed by atoms with E-state index < -0.39 is 0 Å². The maximum atomic E-state index is 5.84. The molecule has 33 heteroatoms. The quantitative estimate of drug-likeness (QED) is 0.0382. The van der Waals surface area contributed by atoms with Crippen LogP contribution in [0.25, 0.3) is 0 Å². The molecule has 0 radical (unpaired) electrons. The van der Waals surface area contributed by atoms with Crippen LogP contribution >= 0.6 is 34.8 Å². The summed E-state index contributed by atoms with van der Waals surface area (Å²) in [5, 5.41) is 23.6. The van der Waals surface area contributed by atoms with Gasteiger partial charge in [-0.25, -0.2) is 0 Å². The van der Waals surface area contributed by atoms with Crippen molar-refractivity contribution in [3.05, 3.63) is 164 Å². The highest BCUT2D eigenvalue weighted by molar-refractivity contribution is 6.31. The van der Waals surface area contributed by atoms with Gasteiger partial charge < -0.3 is 83.1 Å². The molecule has 0 saturated carbocycles. The number of anilines is 17. The molecule has 0 saturated heterocycles. The van der Waals surface area contributed by atoms with E-state index in [1.165, 1.54) is 5.56 Å². The van der Waals surface area contributed by atoms with Crippen molar-refractivity contribution in [3.63, 3.8) is 0 Å². The monoisotopic (exact) mass is 1280 g/mol. The molecule has 10 rings (SSSR count). The van der Waals surface area contributed by atoms with Crippen LogP contribution in [0.5, 0.6) is 0 Å². The van der Waals surface area contributed by atoms with Gasteiger partial charge in [-0.1, -0.05) is 95.5 Å². The molecule has 30 nitrogen and oxygen atoms in total. The zero-order valence-corrected chi connectivity index (χ0v) is 52.3. The lowest BCUT2D eigenvalue weighted by Gasteiger charge is -2.10. The largest absolute Gasteiger partial charge is 0.368 e. The summed E-state index contributed by atoms with van der Waals surface area (Å²) in [6.07, 6.45) is 0.822. The van der Waals surface area contributed by atoms with E-state index in [2.05, 4.69) is 112 Å². The summed E-state index contributed by atoms with van der Waals surface area (Å²) in [5.41, 5.74) is 51.5. The van der Waals surface area contributed by atoms with E-state index in [-0.39, 0.29) is 59.7 Å². The summed E-state index contributed by atoms with van der Waals surface area (Å²) in [5.74, 6) is 3.86. The molecular weight excluding hydrogens is 1210 g/mol. The van der Waals surface area contributed by atoms with Crippen LogP contribution < -0.4 is 83.1 Å². The molecule has 0 aliphatic carbocycles. The predicted molar refractivity (Wildman–Crippen MR) is 362 cm³/mol. The second-order valence-electron chi connectivity index (χ2n) is 19.7. The van der Waals surface area contributed by atoms with Gasteiger partial charge in [0.1, 0.15) is 0 Å². The highest BCUT2D eigenvalue weighted by Gasteiger charge is 2.09. The second kappa shape index (κ2) is 34.4. The van der Waals surface area contributed by atoms with Gasteiger partial charge in [0.05, 0.1) is 0 Å². The van der Waals surface area contributed by atoms with Crippen molar-refractivity contribution < 1.29 is 0 Å². The number of nitrogen functional groups attached to an aromatic ring is 8.